The molecule has 7 heteroatoms. The van der Waals surface area contributed by atoms with Gasteiger partial charge in [0.05, 0.1) is 16.3 Å². The van der Waals surface area contributed by atoms with Gasteiger partial charge >= 0.3 is 0 Å². The number of hydrogen-bond donors (Lipinski definition) is 1. The lowest BCUT2D eigenvalue weighted by atomic mass is 9.85. The number of aryl methyl sites for hydroxylation is 2. The van der Waals surface area contributed by atoms with Crippen LogP contribution >= 0.6 is 23.2 Å². The Balaban J connectivity index is 1.32. The van der Waals surface area contributed by atoms with Crippen molar-refractivity contribution in [3.8, 4) is 11.3 Å². The Morgan fingerprint density at radius 3 is 2.42 bits per heavy atom. The van der Waals surface area contributed by atoms with Crippen molar-refractivity contribution in [2.24, 2.45) is 7.05 Å². The van der Waals surface area contributed by atoms with Gasteiger partial charge in [0.15, 0.2) is 0 Å². The molecule has 0 unspecified atom stereocenters. The van der Waals surface area contributed by atoms with Crippen LogP contribution in [0.1, 0.15) is 30.4 Å². The molecule has 5 rings (SSSR count). The second kappa shape index (κ2) is 10.3. The van der Waals surface area contributed by atoms with E-state index in [9.17, 15) is 9.90 Å². The van der Waals surface area contributed by atoms with Crippen molar-refractivity contribution >= 4 is 40.1 Å². The molecule has 2 aromatic heterocycles. The minimum atomic E-state index is -0.766. The molecule has 5 nitrogen and oxygen atoms in total. The molecule has 1 N–H and O–H groups in total. The van der Waals surface area contributed by atoms with Crippen molar-refractivity contribution in [1.82, 2.24) is 14.5 Å². The maximum absolute atomic E-state index is 13.2. The summed E-state index contributed by atoms with van der Waals surface area (Å²) < 4.78 is 2.05. The van der Waals surface area contributed by atoms with Gasteiger partial charge in [-0.25, -0.2) is 4.98 Å². The van der Waals surface area contributed by atoms with Gasteiger partial charge in [-0.2, -0.15) is 0 Å². The second-order valence-corrected chi connectivity index (χ2v) is 10.6. The summed E-state index contributed by atoms with van der Waals surface area (Å²) in [5.41, 5.74) is 4.27. The van der Waals surface area contributed by atoms with Crippen LogP contribution in [0.4, 0.5) is 0 Å². The van der Waals surface area contributed by atoms with E-state index >= 15 is 0 Å². The molecule has 1 aliphatic rings. The topological polar surface area (TPSA) is 58.4 Å². The molecule has 0 bridgehead atoms. The standard InChI is InChI=1S/C29H29Cl2N3O2/c1-33-27(21-7-9-22(30)10-8-21)24(25-17-23(31)19-32-28(25)33)11-12-26(35)34-15-13-29(36,14-16-34)18-20-5-3-2-4-6-20/h2-10,17,19,36H,11-16,18H2,1H3. The third kappa shape index (κ3) is 5.15. The Labute approximate surface area is 221 Å². The average molecular weight is 522 g/mol. The number of likely N-dealkylation sites (tertiary alicyclic amines) is 1. The van der Waals surface area contributed by atoms with Crippen LogP contribution in [0.3, 0.4) is 0 Å². The number of carbonyl (C=O) groups is 1. The van der Waals surface area contributed by atoms with Crippen molar-refractivity contribution in [3.63, 3.8) is 0 Å². The van der Waals surface area contributed by atoms with Gasteiger partial charge < -0.3 is 14.6 Å². The fraction of sp³-hybridized carbons (Fsp3) is 0.310. The van der Waals surface area contributed by atoms with E-state index in [2.05, 4.69) is 9.55 Å². The Morgan fingerprint density at radius 1 is 1.03 bits per heavy atom. The summed E-state index contributed by atoms with van der Waals surface area (Å²) in [6.07, 6.45) is 4.37. The molecule has 0 saturated carbocycles. The van der Waals surface area contributed by atoms with Crippen molar-refractivity contribution in [3.05, 3.63) is 88.0 Å². The summed E-state index contributed by atoms with van der Waals surface area (Å²) in [6, 6.07) is 19.7. The highest BCUT2D eigenvalue weighted by molar-refractivity contribution is 6.31. The van der Waals surface area contributed by atoms with E-state index in [4.69, 9.17) is 23.2 Å². The van der Waals surface area contributed by atoms with Crippen molar-refractivity contribution < 1.29 is 9.90 Å². The van der Waals surface area contributed by atoms with Gasteiger partial charge in [0.2, 0.25) is 5.91 Å². The van der Waals surface area contributed by atoms with Gasteiger partial charge in [0, 0.05) is 49.6 Å². The fourth-order valence-electron chi connectivity index (χ4n) is 5.30. The predicted octanol–water partition coefficient (Wildman–Crippen LogP) is 6.08. The molecular weight excluding hydrogens is 493 g/mol. The fourth-order valence-corrected chi connectivity index (χ4v) is 5.58. The molecule has 0 spiro atoms. The number of rotatable bonds is 6. The lowest BCUT2D eigenvalue weighted by molar-refractivity contribution is -0.135. The summed E-state index contributed by atoms with van der Waals surface area (Å²) >= 11 is 12.4. The van der Waals surface area contributed by atoms with Gasteiger partial charge in [-0.15, -0.1) is 0 Å². The average Bonchev–Trinajstić information content (AvgIpc) is 3.14. The highest BCUT2D eigenvalue weighted by atomic mass is 35.5. The maximum atomic E-state index is 13.2. The number of halogens is 2. The van der Waals surface area contributed by atoms with Crippen LogP contribution in [0, 0.1) is 0 Å². The van der Waals surface area contributed by atoms with Crippen LogP contribution in [0.15, 0.2) is 66.9 Å². The highest BCUT2D eigenvalue weighted by Gasteiger charge is 2.34. The summed E-state index contributed by atoms with van der Waals surface area (Å²) in [5.74, 6) is 0.103. The normalized spacial score (nSPS) is 15.4. The zero-order valence-electron chi connectivity index (χ0n) is 20.3. The molecular formula is C29H29Cl2N3O2. The lowest BCUT2D eigenvalue weighted by Gasteiger charge is -2.38. The lowest BCUT2D eigenvalue weighted by Crippen LogP contribution is -2.47. The first kappa shape index (κ1) is 24.8. The van der Waals surface area contributed by atoms with Crippen LogP contribution in [-0.4, -0.2) is 44.2 Å². The molecule has 1 amide bonds. The molecule has 0 radical (unpaired) electrons. The molecule has 2 aromatic carbocycles. The number of aromatic nitrogens is 2. The first-order chi connectivity index (χ1) is 17.3. The maximum Gasteiger partial charge on any atom is 0.222 e. The van der Waals surface area contributed by atoms with Crippen LogP contribution in [0.5, 0.6) is 0 Å². The van der Waals surface area contributed by atoms with Gasteiger partial charge in [-0.05, 0) is 54.2 Å². The molecule has 1 saturated heterocycles. The number of pyridine rings is 1. The van der Waals surface area contributed by atoms with Crippen molar-refractivity contribution in [2.75, 3.05) is 13.1 Å². The van der Waals surface area contributed by atoms with E-state index in [0.717, 1.165) is 33.4 Å². The van der Waals surface area contributed by atoms with Gasteiger partial charge in [0.1, 0.15) is 5.65 Å². The summed E-state index contributed by atoms with van der Waals surface area (Å²) in [6.45, 7) is 1.13. The van der Waals surface area contributed by atoms with Crippen LogP contribution in [0.2, 0.25) is 10.0 Å². The Hall–Kier alpha value is -2.86. The van der Waals surface area contributed by atoms with E-state index in [-0.39, 0.29) is 5.91 Å². The van der Waals surface area contributed by atoms with E-state index in [0.29, 0.717) is 55.2 Å². The number of nitrogens with zero attached hydrogens (tertiary/aromatic N) is 3. The first-order valence-corrected chi connectivity index (χ1v) is 13.0. The third-order valence-electron chi connectivity index (χ3n) is 7.23. The van der Waals surface area contributed by atoms with E-state index in [1.54, 1.807) is 6.20 Å². The molecule has 0 aliphatic carbocycles. The van der Waals surface area contributed by atoms with Crippen LogP contribution < -0.4 is 0 Å². The molecule has 0 atom stereocenters. The number of benzene rings is 2. The van der Waals surface area contributed by atoms with E-state index < -0.39 is 5.60 Å². The van der Waals surface area contributed by atoms with Gasteiger partial charge in [-0.1, -0.05) is 65.7 Å². The summed E-state index contributed by atoms with van der Waals surface area (Å²) in [7, 11) is 1.98. The summed E-state index contributed by atoms with van der Waals surface area (Å²) in [5, 5.41) is 13.3. The summed E-state index contributed by atoms with van der Waals surface area (Å²) in [4.78, 5) is 19.7. The SMILES string of the molecule is Cn1c(-c2ccc(Cl)cc2)c(CCC(=O)N2CCC(O)(Cc3ccccc3)CC2)c2cc(Cl)cnc21. The molecule has 36 heavy (non-hydrogen) atoms. The van der Waals surface area contributed by atoms with Gasteiger partial charge in [-0.3, -0.25) is 4.79 Å². The zero-order chi connectivity index (χ0) is 25.3. The number of piperidine rings is 1. The molecule has 186 valence electrons. The number of amides is 1. The molecule has 4 aromatic rings. The van der Waals surface area contributed by atoms with Crippen LogP contribution in [-0.2, 0) is 24.7 Å². The Morgan fingerprint density at radius 2 is 1.72 bits per heavy atom. The molecule has 1 fully saturated rings. The zero-order valence-corrected chi connectivity index (χ0v) is 21.8. The number of aliphatic hydroxyl groups is 1. The second-order valence-electron chi connectivity index (χ2n) is 9.69. The largest absolute Gasteiger partial charge is 0.389 e. The minimum absolute atomic E-state index is 0.103. The highest BCUT2D eigenvalue weighted by Crippen LogP contribution is 2.35. The third-order valence-corrected chi connectivity index (χ3v) is 7.69. The van der Waals surface area contributed by atoms with E-state index in [1.165, 1.54) is 0 Å². The predicted molar refractivity (Wildman–Crippen MR) is 145 cm³/mol. The van der Waals surface area contributed by atoms with Crippen molar-refractivity contribution in [2.45, 2.75) is 37.7 Å². The van der Waals surface area contributed by atoms with Gasteiger partial charge in [0.25, 0.3) is 0 Å². The Bertz CT molecular complexity index is 1380. The quantitative estimate of drug-likeness (QED) is 0.334. The van der Waals surface area contributed by atoms with Crippen molar-refractivity contribution in [1.29, 1.82) is 0 Å². The number of fused-ring (bicyclic) bond motifs is 1. The Kier molecular flexibility index (Phi) is 7.07. The number of hydrogen-bond acceptors (Lipinski definition) is 3. The number of carbonyl (C=O) groups excluding carboxylic acids is 1. The van der Waals surface area contributed by atoms with Crippen LogP contribution in [0.25, 0.3) is 22.3 Å². The minimum Gasteiger partial charge on any atom is -0.389 e. The smallest absolute Gasteiger partial charge is 0.222 e. The monoisotopic (exact) mass is 521 g/mol. The van der Waals surface area contributed by atoms with E-state index in [1.807, 2.05) is 72.6 Å². The first-order valence-electron chi connectivity index (χ1n) is 12.3. The molecule has 1 aliphatic heterocycles. The molecule has 3 heterocycles.